The summed E-state index contributed by atoms with van der Waals surface area (Å²) in [6.45, 7) is 1.26. The lowest BCUT2D eigenvalue weighted by molar-refractivity contribution is 0.138. The number of aliphatic hydroxyl groups excluding tert-OH is 1. The molecular weight excluding hydrogens is 278 g/mol. The molecule has 0 aliphatic heterocycles. The van der Waals surface area contributed by atoms with Gasteiger partial charge in [-0.25, -0.2) is 4.68 Å². The highest BCUT2D eigenvalue weighted by atomic mass is 35.5. The summed E-state index contributed by atoms with van der Waals surface area (Å²) in [6.07, 6.45) is 6.50. The first kappa shape index (κ1) is 13.9. The Kier molecular flexibility index (Phi) is 3.98. The van der Waals surface area contributed by atoms with E-state index < -0.39 is 0 Å². The minimum atomic E-state index is -0.267. The number of hydrogen-bond donors (Lipinski definition) is 2. The van der Waals surface area contributed by atoms with Crippen LogP contribution in [0.4, 0.5) is 5.69 Å². The first-order chi connectivity index (χ1) is 9.65. The minimum absolute atomic E-state index is 0.156. The average Bonchev–Trinajstić information content (AvgIpc) is 3.15. The highest BCUT2D eigenvalue weighted by Gasteiger charge is 2.26. The van der Waals surface area contributed by atoms with Gasteiger partial charge in [0.2, 0.25) is 0 Å². The molecule has 0 aromatic carbocycles. The van der Waals surface area contributed by atoms with Gasteiger partial charge in [-0.1, -0.05) is 18.0 Å². The Bertz CT molecular complexity index is 542. The second-order valence-electron chi connectivity index (χ2n) is 5.94. The van der Waals surface area contributed by atoms with Crippen molar-refractivity contribution in [2.24, 2.45) is 11.8 Å². The molecule has 3 rings (SSSR count). The fourth-order valence-electron chi connectivity index (χ4n) is 2.79. The second kappa shape index (κ2) is 5.74. The molecule has 2 aliphatic rings. The largest absolute Gasteiger partial charge is 0.393 e. The summed E-state index contributed by atoms with van der Waals surface area (Å²) >= 11 is 6.07. The number of nitrogens with zero attached hydrogens (tertiary/aromatic N) is 2. The first-order valence-electron chi connectivity index (χ1n) is 7.32. The molecule has 2 fully saturated rings. The van der Waals surface area contributed by atoms with Crippen molar-refractivity contribution < 1.29 is 5.11 Å². The lowest BCUT2D eigenvalue weighted by Crippen LogP contribution is -2.29. The molecule has 0 bridgehead atoms. The van der Waals surface area contributed by atoms with E-state index in [4.69, 9.17) is 11.6 Å². The predicted molar refractivity (Wildman–Crippen MR) is 78.1 cm³/mol. The fourth-order valence-corrected chi connectivity index (χ4v) is 2.98. The minimum Gasteiger partial charge on any atom is -0.393 e. The van der Waals surface area contributed by atoms with Gasteiger partial charge in [-0.05, 0) is 31.6 Å². The molecule has 1 aromatic heterocycles. The van der Waals surface area contributed by atoms with Gasteiger partial charge in [0.15, 0.2) is 0 Å². The van der Waals surface area contributed by atoms with Gasteiger partial charge in [-0.15, -0.1) is 0 Å². The van der Waals surface area contributed by atoms with Crippen molar-refractivity contribution in [3.05, 3.63) is 21.6 Å². The lowest BCUT2D eigenvalue weighted by Gasteiger charge is -2.16. The zero-order valence-electron chi connectivity index (χ0n) is 11.4. The highest BCUT2D eigenvalue weighted by molar-refractivity contribution is 6.32. The molecule has 5 nitrogen and oxygen atoms in total. The zero-order chi connectivity index (χ0) is 14.1. The summed E-state index contributed by atoms with van der Waals surface area (Å²) in [5, 5.41) is 17.4. The van der Waals surface area contributed by atoms with E-state index in [2.05, 4.69) is 10.4 Å². The molecule has 110 valence electrons. The molecule has 1 heterocycles. The molecule has 0 amide bonds. The van der Waals surface area contributed by atoms with E-state index >= 15 is 0 Å². The van der Waals surface area contributed by atoms with E-state index in [1.807, 2.05) is 0 Å². The van der Waals surface area contributed by atoms with Crippen molar-refractivity contribution >= 4 is 17.3 Å². The van der Waals surface area contributed by atoms with E-state index in [1.165, 1.54) is 23.7 Å². The Morgan fingerprint density at radius 1 is 1.40 bits per heavy atom. The fraction of sp³-hybridized carbons (Fsp3) is 0.714. The van der Waals surface area contributed by atoms with E-state index in [9.17, 15) is 9.90 Å². The normalized spacial score (nSPS) is 25.9. The SMILES string of the molecule is O=c1c(NCC2CCCC2O)c(Cl)cnn1CC1CC1. The van der Waals surface area contributed by atoms with Crippen LogP contribution in [0.3, 0.4) is 0 Å². The van der Waals surface area contributed by atoms with Gasteiger partial charge in [-0.2, -0.15) is 5.10 Å². The number of hydrogen-bond acceptors (Lipinski definition) is 4. The standard InChI is InChI=1S/C14H20ClN3O2/c15-11-7-17-18(8-9-4-5-9)14(20)13(11)16-6-10-2-1-3-12(10)19/h7,9-10,12,16,19H,1-6,8H2. The summed E-state index contributed by atoms with van der Waals surface area (Å²) in [7, 11) is 0. The Morgan fingerprint density at radius 2 is 2.20 bits per heavy atom. The number of aromatic nitrogens is 2. The van der Waals surface area contributed by atoms with Crippen LogP contribution in [0, 0.1) is 11.8 Å². The smallest absolute Gasteiger partial charge is 0.291 e. The van der Waals surface area contributed by atoms with E-state index in [1.54, 1.807) is 0 Å². The van der Waals surface area contributed by atoms with E-state index in [0.29, 0.717) is 29.7 Å². The molecule has 0 saturated heterocycles. The van der Waals surface area contributed by atoms with Crippen molar-refractivity contribution in [3.63, 3.8) is 0 Å². The zero-order valence-corrected chi connectivity index (χ0v) is 12.1. The molecule has 2 atom stereocenters. The Balaban J connectivity index is 1.72. The van der Waals surface area contributed by atoms with Crippen LogP contribution in [-0.4, -0.2) is 27.5 Å². The highest BCUT2D eigenvalue weighted by Crippen LogP contribution is 2.30. The monoisotopic (exact) mass is 297 g/mol. The first-order valence-corrected chi connectivity index (χ1v) is 7.70. The molecule has 2 aliphatic carbocycles. The molecule has 20 heavy (non-hydrogen) atoms. The molecule has 6 heteroatoms. The van der Waals surface area contributed by atoms with Crippen LogP contribution < -0.4 is 10.9 Å². The molecular formula is C14H20ClN3O2. The van der Waals surface area contributed by atoms with Crippen molar-refractivity contribution in [2.45, 2.75) is 44.8 Å². The van der Waals surface area contributed by atoms with E-state index in [0.717, 1.165) is 19.3 Å². The van der Waals surface area contributed by atoms with Crippen LogP contribution in [0.15, 0.2) is 11.0 Å². The molecule has 2 saturated carbocycles. The topological polar surface area (TPSA) is 67.2 Å². The van der Waals surface area contributed by atoms with Crippen molar-refractivity contribution in [1.29, 1.82) is 0 Å². The number of rotatable bonds is 5. The Labute approximate surface area is 122 Å². The summed E-state index contributed by atoms with van der Waals surface area (Å²) in [5.74, 6) is 0.793. The number of anilines is 1. The molecule has 1 aromatic rings. The third-order valence-corrected chi connectivity index (χ3v) is 4.57. The van der Waals surface area contributed by atoms with Gasteiger partial charge < -0.3 is 10.4 Å². The Hall–Kier alpha value is -1.07. The Morgan fingerprint density at radius 3 is 2.85 bits per heavy atom. The maximum absolute atomic E-state index is 12.3. The molecule has 2 unspecified atom stereocenters. The number of nitrogens with one attached hydrogen (secondary N) is 1. The quantitative estimate of drug-likeness (QED) is 0.871. The van der Waals surface area contributed by atoms with Gasteiger partial charge in [-0.3, -0.25) is 4.79 Å². The third kappa shape index (κ3) is 2.99. The van der Waals surface area contributed by atoms with Crippen molar-refractivity contribution in [3.8, 4) is 0 Å². The van der Waals surface area contributed by atoms with Crippen LogP contribution >= 0.6 is 11.6 Å². The van der Waals surface area contributed by atoms with Gasteiger partial charge >= 0.3 is 0 Å². The van der Waals surface area contributed by atoms with Crippen molar-refractivity contribution in [1.82, 2.24) is 9.78 Å². The molecule has 2 N–H and O–H groups in total. The van der Waals surface area contributed by atoms with Crippen LogP contribution in [-0.2, 0) is 6.54 Å². The van der Waals surface area contributed by atoms with Crippen LogP contribution in [0.2, 0.25) is 5.02 Å². The van der Waals surface area contributed by atoms with Crippen LogP contribution in [0.5, 0.6) is 0 Å². The maximum Gasteiger partial charge on any atom is 0.291 e. The molecule has 0 radical (unpaired) electrons. The third-order valence-electron chi connectivity index (χ3n) is 4.29. The van der Waals surface area contributed by atoms with Gasteiger partial charge in [0.05, 0.1) is 17.3 Å². The lowest BCUT2D eigenvalue weighted by atomic mass is 10.1. The summed E-state index contributed by atoms with van der Waals surface area (Å²) < 4.78 is 1.50. The van der Waals surface area contributed by atoms with E-state index in [-0.39, 0.29) is 17.6 Å². The summed E-state index contributed by atoms with van der Waals surface area (Å²) in [4.78, 5) is 12.3. The number of aliphatic hydroxyl groups is 1. The van der Waals surface area contributed by atoms with Gasteiger partial charge in [0.1, 0.15) is 5.69 Å². The van der Waals surface area contributed by atoms with Gasteiger partial charge in [0, 0.05) is 19.0 Å². The summed E-state index contributed by atoms with van der Waals surface area (Å²) in [6, 6.07) is 0. The predicted octanol–water partition coefficient (Wildman–Crippen LogP) is 1.88. The van der Waals surface area contributed by atoms with Crippen molar-refractivity contribution in [2.75, 3.05) is 11.9 Å². The van der Waals surface area contributed by atoms with Crippen LogP contribution in [0.25, 0.3) is 0 Å². The number of halogens is 1. The average molecular weight is 298 g/mol. The maximum atomic E-state index is 12.3. The van der Waals surface area contributed by atoms with Gasteiger partial charge in [0.25, 0.3) is 5.56 Å². The molecule has 0 spiro atoms. The summed E-state index contributed by atoms with van der Waals surface area (Å²) in [5.41, 5.74) is 0.262. The second-order valence-corrected chi connectivity index (χ2v) is 6.34. The van der Waals surface area contributed by atoms with Crippen LogP contribution in [0.1, 0.15) is 32.1 Å².